The van der Waals surface area contributed by atoms with E-state index in [1.165, 1.54) is 18.2 Å². The van der Waals surface area contributed by atoms with Crippen LogP contribution in [0.15, 0.2) is 66.9 Å². The number of rotatable bonds is 8. The summed E-state index contributed by atoms with van der Waals surface area (Å²) in [6.07, 6.45) is -2.98. The molecule has 1 saturated heterocycles. The van der Waals surface area contributed by atoms with Gasteiger partial charge in [0.1, 0.15) is 23.7 Å². The molecule has 4 rings (SSSR count). The fraction of sp³-hybridized carbons (Fsp3) is 0.357. The highest BCUT2D eigenvalue weighted by Gasteiger charge is 2.34. The van der Waals surface area contributed by atoms with E-state index in [1.54, 1.807) is 18.3 Å². The molecule has 196 valence electrons. The summed E-state index contributed by atoms with van der Waals surface area (Å²) in [6.45, 7) is 7.49. The quantitative estimate of drug-likeness (QED) is 0.368. The summed E-state index contributed by atoms with van der Waals surface area (Å²) in [4.78, 5) is 21.3. The van der Waals surface area contributed by atoms with Crippen LogP contribution in [0.3, 0.4) is 0 Å². The Morgan fingerprint density at radius 3 is 2.30 bits per heavy atom. The van der Waals surface area contributed by atoms with Crippen LogP contribution in [0.5, 0.6) is 5.75 Å². The Morgan fingerprint density at radius 1 is 0.946 bits per heavy atom. The fourth-order valence-electron chi connectivity index (χ4n) is 4.19. The van der Waals surface area contributed by atoms with Crippen LogP contribution in [0.4, 0.5) is 19.0 Å². The number of hydrogen-bond acceptors (Lipinski definition) is 6. The second kappa shape index (κ2) is 11.6. The monoisotopic (exact) mass is 513 g/mol. The fourth-order valence-corrected chi connectivity index (χ4v) is 4.19. The first-order chi connectivity index (χ1) is 17.7. The number of ether oxygens (including phenoxy) is 2. The zero-order chi connectivity index (χ0) is 26.4. The number of nitrogens with zero attached hydrogens (tertiary/aromatic N) is 3. The number of aromatic nitrogens is 1. The van der Waals surface area contributed by atoms with Gasteiger partial charge in [0.25, 0.3) is 0 Å². The van der Waals surface area contributed by atoms with Crippen molar-refractivity contribution in [2.75, 3.05) is 31.1 Å². The van der Waals surface area contributed by atoms with Gasteiger partial charge < -0.3 is 14.4 Å². The van der Waals surface area contributed by atoms with Crippen LogP contribution in [0.1, 0.15) is 40.9 Å². The van der Waals surface area contributed by atoms with Gasteiger partial charge in [-0.15, -0.1) is 0 Å². The van der Waals surface area contributed by atoms with E-state index in [0.717, 1.165) is 49.9 Å². The van der Waals surface area contributed by atoms with Gasteiger partial charge in [0.05, 0.1) is 11.7 Å². The van der Waals surface area contributed by atoms with Gasteiger partial charge in [-0.05, 0) is 49.2 Å². The zero-order valence-corrected chi connectivity index (χ0v) is 20.9. The van der Waals surface area contributed by atoms with Gasteiger partial charge in [0.2, 0.25) is 0 Å². The molecule has 6 nitrogen and oxygen atoms in total. The molecule has 2 heterocycles. The van der Waals surface area contributed by atoms with Gasteiger partial charge in [-0.2, -0.15) is 13.2 Å². The number of halogens is 3. The number of alkyl halides is 3. The third-order valence-electron chi connectivity index (χ3n) is 6.04. The lowest BCUT2D eigenvalue weighted by Crippen LogP contribution is -2.46. The predicted octanol–water partition coefficient (Wildman–Crippen LogP) is 5.57. The summed E-state index contributed by atoms with van der Waals surface area (Å²) in [6, 6.07) is 16.4. The second-order valence-corrected chi connectivity index (χ2v) is 9.19. The minimum atomic E-state index is -4.46. The molecule has 1 aliphatic heterocycles. The Balaban J connectivity index is 1.30. The lowest BCUT2D eigenvalue weighted by atomic mass is 10.1. The van der Waals surface area contributed by atoms with Gasteiger partial charge in [0.15, 0.2) is 0 Å². The molecular weight excluding hydrogens is 483 g/mol. The topological polar surface area (TPSA) is 54.9 Å². The van der Waals surface area contributed by atoms with Crippen molar-refractivity contribution in [2.24, 2.45) is 0 Å². The molecule has 2 aromatic carbocycles. The molecule has 0 N–H and O–H groups in total. The van der Waals surface area contributed by atoms with Crippen molar-refractivity contribution in [2.45, 2.75) is 39.3 Å². The summed E-state index contributed by atoms with van der Waals surface area (Å²) in [5, 5.41) is 0. The number of carbonyl (C=O) groups excluding carboxylic acids is 1. The minimum absolute atomic E-state index is 0.0533. The number of anilines is 1. The lowest BCUT2D eigenvalue weighted by molar-refractivity contribution is -0.139. The maximum absolute atomic E-state index is 13.2. The van der Waals surface area contributed by atoms with Gasteiger partial charge >= 0.3 is 12.1 Å². The van der Waals surface area contributed by atoms with Crippen molar-refractivity contribution in [1.82, 2.24) is 9.88 Å². The van der Waals surface area contributed by atoms with Crippen molar-refractivity contribution in [3.63, 3.8) is 0 Å². The number of esters is 1. The molecular formula is C28H30F3N3O3. The van der Waals surface area contributed by atoms with Crippen molar-refractivity contribution in [3.8, 4) is 5.75 Å². The molecule has 0 atom stereocenters. The number of para-hydroxylation sites is 1. The van der Waals surface area contributed by atoms with Crippen LogP contribution < -0.4 is 9.64 Å². The van der Waals surface area contributed by atoms with Crippen LogP contribution in [0.2, 0.25) is 0 Å². The summed E-state index contributed by atoms with van der Waals surface area (Å²) in [7, 11) is 0. The molecule has 1 aromatic heterocycles. The van der Waals surface area contributed by atoms with Crippen LogP contribution in [-0.4, -0.2) is 48.1 Å². The molecule has 1 fully saturated rings. The van der Waals surface area contributed by atoms with Crippen LogP contribution in [0.25, 0.3) is 0 Å². The molecule has 0 saturated carbocycles. The summed E-state index contributed by atoms with van der Waals surface area (Å²) >= 11 is 0. The average molecular weight is 514 g/mol. The van der Waals surface area contributed by atoms with Gasteiger partial charge in [0, 0.05) is 38.9 Å². The highest BCUT2D eigenvalue weighted by Crippen LogP contribution is 2.36. The van der Waals surface area contributed by atoms with E-state index in [0.29, 0.717) is 11.4 Å². The molecule has 0 radical (unpaired) electrons. The number of benzene rings is 2. The number of carbonyl (C=O) groups is 1. The van der Waals surface area contributed by atoms with Crippen molar-refractivity contribution >= 4 is 11.8 Å². The molecule has 9 heteroatoms. The summed E-state index contributed by atoms with van der Waals surface area (Å²) in [5.41, 5.74) is 1.59. The molecule has 0 bridgehead atoms. The summed E-state index contributed by atoms with van der Waals surface area (Å²) < 4.78 is 50.3. The highest BCUT2D eigenvalue weighted by molar-refractivity contribution is 5.94. The second-order valence-electron chi connectivity index (χ2n) is 9.19. The number of pyridine rings is 1. The van der Waals surface area contributed by atoms with Crippen LogP contribution >= 0.6 is 0 Å². The Morgan fingerprint density at radius 2 is 1.62 bits per heavy atom. The smallest absolute Gasteiger partial charge is 0.419 e. The maximum atomic E-state index is 13.2. The highest BCUT2D eigenvalue weighted by atomic mass is 19.4. The molecule has 1 aliphatic rings. The predicted molar refractivity (Wildman–Crippen MR) is 134 cm³/mol. The maximum Gasteiger partial charge on any atom is 0.419 e. The first kappa shape index (κ1) is 26.5. The standard InChI is InChI=1S/C28H30F3N3O3/c1-20(2)37-27(35)23-6-5-13-32-26(23)34-16-14-33(15-17-34)18-21-9-11-22(12-10-21)19-36-25-8-4-3-7-24(25)28(29,30)31/h3-13,20H,14-19H2,1-2H3. The van der Waals surface area contributed by atoms with E-state index in [9.17, 15) is 18.0 Å². The Kier molecular flexibility index (Phi) is 8.33. The van der Waals surface area contributed by atoms with Crippen molar-refractivity contribution in [1.29, 1.82) is 0 Å². The SMILES string of the molecule is CC(C)OC(=O)c1cccnc1N1CCN(Cc2ccc(COc3ccccc3C(F)(F)F)cc2)CC1. The Hall–Kier alpha value is -3.59. The van der Waals surface area contributed by atoms with Gasteiger partial charge in [-0.3, -0.25) is 4.90 Å². The van der Waals surface area contributed by atoms with E-state index in [1.807, 2.05) is 38.1 Å². The summed E-state index contributed by atoms with van der Waals surface area (Å²) in [5.74, 6) is 0.0984. The van der Waals surface area contributed by atoms with Crippen molar-refractivity contribution < 1.29 is 27.4 Å². The van der Waals surface area contributed by atoms with Crippen molar-refractivity contribution in [3.05, 3.63) is 89.1 Å². The first-order valence-electron chi connectivity index (χ1n) is 12.2. The normalized spacial score (nSPS) is 14.6. The third-order valence-corrected chi connectivity index (χ3v) is 6.04. The molecule has 37 heavy (non-hydrogen) atoms. The molecule has 3 aromatic rings. The largest absolute Gasteiger partial charge is 0.488 e. The Bertz CT molecular complexity index is 1190. The number of hydrogen-bond donors (Lipinski definition) is 0. The number of piperazine rings is 1. The van der Waals surface area contributed by atoms with Gasteiger partial charge in [-0.1, -0.05) is 36.4 Å². The van der Waals surface area contributed by atoms with Crippen LogP contribution in [-0.2, 0) is 24.1 Å². The molecule has 0 spiro atoms. The molecule has 0 amide bonds. The van der Waals surface area contributed by atoms with E-state index in [-0.39, 0.29) is 24.4 Å². The minimum Gasteiger partial charge on any atom is -0.488 e. The van der Waals surface area contributed by atoms with Gasteiger partial charge in [-0.25, -0.2) is 9.78 Å². The zero-order valence-electron chi connectivity index (χ0n) is 20.9. The Labute approximate surface area is 214 Å². The average Bonchev–Trinajstić information content (AvgIpc) is 2.88. The molecule has 0 aliphatic carbocycles. The first-order valence-corrected chi connectivity index (χ1v) is 12.2. The van der Waals surface area contributed by atoms with E-state index >= 15 is 0 Å². The lowest BCUT2D eigenvalue weighted by Gasteiger charge is -2.36. The molecule has 0 unspecified atom stereocenters. The van der Waals surface area contributed by atoms with E-state index in [4.69, 9.17) is 9.47 Å². The van der Waals surface area contributed by atoms with E-state index < -0.39 is 11.7 Å². The van der Waals surface area contributed by atoms with Crippen LogP contribution in [0, 0.1) is 0 Å². The third kappa shape index (κ3) is 7.01. The van der Waals surface area contributed by atoms with E-state index in [2.05, 4.69) is 14.8 Å².